The zero-order valence-electron chi connectivity index (χ0n) is 19.6. The van der Waals surface area contributed by atoms with Crippen LogP contribution < -0.4 is 16.0 Å². The Hall–Kier alpha value is -4.46. The highest BCUT2D eigenvalue weighted by Gasteiger charge is 2.26. The van der Waals surface area contributed by atoms with E-state index in [1.165, 1.54) is 24.3 Å². The third-order valence-corrected chi connectivity index (χ3v) is 5.98. The summed E-state index contributed by atoms with van der Waals surface area (Å²) in [5.74, 6) is -2.77. The van der Waals surface area contributed by atoms with Crippen LogP contribution in [0.4, 0.5) is 11.4 Å². The van der Waals surface area contributed by atoms with Crippen LogP contribution >= 0.6 is 0 Å². The van der Waals surface area contributed by atoms with Gasteiger partial charge in [-0.1, -0.05) is 48.5 Å². The molecule has 4 N–H and O–H groups in total. The zero-order valence-corrected chi connectivity index (χ0v) is 19.6. The molecule has 0 aliphatic heterocycles. The highest BCUT2D eigenvalue weighted by atomic mass is 16.4. The normalized spacial score (nSPS) is 13.3. The maximum atomic E-state index is 13.1. The molecule has 4 rings (SSSR count). The standard InChI is InChI=1S/C28H27N3O5/c32-25(29-22-14-12-20(13-15-22)28(35)36)24(17-18-6-2-1-3-7-18)31-27(34)26(33)30-23-9-5-4-8-21(23)16-19-10-11-19/h1-9,12-15,19,24H,10-11,16-17H2,(H,29,32)(H,30,33)(H,31,34)(H,35,36)/t24-/m0/s1. The van der Waals surface area contributed by atoms with Crippen LogP contribution in [0.3, 0.4) is 0 Å². The highest BCUT2D eigenvalue weighted by molar-refractivity contribution is 6.40. The summed E-state index contributed by atoms with van der Waals surface area (Å²) < 4.78 is 0. The van der Waals surface area contributed by atoms with Crippen LogP contribution in [0.1, 0.15) is 34.3 Å². The second-order valence-electron chi connectivity index (χ2n) is 8.85. The number of hydrogen-bond acceptors (Lipinski definition) is 4. The molecule has 1 saturated carbocycles. The van der Waals surface area contributed by atoms with Gasteiger partial charge in [0.2, 0.25) is 5.91 Å². The summed E-state index contributed by atoms with van der Waals surface area (Å²) >= 11 is 0. The van der Waals surface area contributed by atoms with Crippen LogP contribution in [-0.2, 0) is 27.2 Å². The van der Waals surface area contributed by atoms with E-state index in [2.05, 4.69) is 16.0 Å². The molecule has 3 amide bonds. The van der Waals surface area contributed by atoms with E-state index in [4.69, 9.17) is 5.11 Å². The molecule has 1 aliphatic carbocycles. The van der Waals surface area contributed by atoms with Crippen molar-refractivity contribution in [1.82, 2.24) is 5.32 Å². The van der Waals surface area contributed by atoms with E-state index in [1.54, 1.807) is 12.1 Å². The van der Waals surface area contributed by atoms with Gasteiger partial charge in [0.05, 0.1) is 5.56 Å². The quantitative estimate of drug-likeness (QED) is 0.345. The Morgan fingerprint density at radius 1 is 0.806 bits per heavy atom. The average molecular weight is 486 g/mol. The third-order valence-electron chi connectivity index (χ3n) is 5.98. The SMILES string of the molecule is O=C(Nc1ccccc1CC1CC1)C(=O)N[C@@H](Cc1ccccc1)C(=O)Nc1ccc(C(=O)O)cc1. The Labute approximate surface area is 208 Å². The number of anilines is 2. The number of hydrogen-bond donors (Lipinski definition) is 4. The van der Waals surface area contributed by atoms with Gasteiger partial charge in [0.15, 0.2) is 0 Å². The minimum absolute atomic E-state index is 0.0841. The lowest BCUT2D eigenvalue weighted by Crippen LogP contribution is -2.49. The number of rotatable bonds is 9. The second-order valence-corrected chi connectivity index (χ2v) is 8.85. The van der Waals surface area contributed by atoms with Gasteiger partial charge in [0.1, 0.15) is 6.04 Å². The van der Waals surface area contributed by atoms with E-state index in [0.717, 1.165) is 30.4 Å². The molecule has 0 unspecified atom stereocenters. The lowest BCUT2D eigenvalue weighted by molar-refractivity contribution is -0.137. The van der Waals surface area contributed by atoms with Crippen molar-refractivity contribution in [3.63, 3.8) is 0 Å². The number of nitrogens with one attached hydrogen (secondary N) is 3. The van der Waals surface area contributed by atoms with E-state index < -0.39 is 29.7 Å². The fourth-order valence-electron chi connectivity index (χ4n) is 3.84. The maximum Gasteiger partial charge on any atom is 0.335 e. The molecular formula is C28H27N3O5. The Morgan fingerprint density at radius 3 is 2.14 bits per heavy atom. The number of para-hydroxylation sites is 1. The van der Waals surface area contributed by atoms with Crippen molar-refractivity contribution in [2.75, 3.05) is 10.6 Å². The van der Waals surface area contributed by atoms with Gasteiger partial charge in [0.25, 0.3) is 0 Å². The van der Waals surface area contributed by atoms with Crippen molar-refractivity contribution in [1.29, 1.82) is 0 Å². The number of amides is 3. The van der Waals surface area contributed by atoms with E-state index in [1.807, 2.05) is 42.5 Å². The molecule has 0 radical (unpaired) electrons. The van der Waals surface area contributed by atoms with Gasteiger partial charge >= 0.3 is 17.8 Å². The second kappa shape index (κ2) is 11.3. The van der Waals surface area contributed by atoms with Gasteiger partial charge < -0.3 is 21.1 Å². The summed E-state index contributed by atoms with van der Waals surface area (Å²) in [6.45, 7) is 0. The molecule has 36 heavy (non-hydrogen) atoms. The molecule has 0 saturated heterocycles. The first-order chi connectivity index (χ1) is 17.4. The minimum Gasteiger partial charge on any atom is -0.478 e. The van der Waals surface area contributed by atoms with E-state index in [0.29, 0.717) is 17.3 Å². The fraction of sp³-hybridized carbons (Fsp3) is 0.214. The number of carbonyl (C=O) groups is 4. The largest absolute Gasteiger partial charge is 0.478 e. The third kappa shape index (κ3) is 6.79. The van der Waals surface area contributed by atoms with E-state index in [9.17, 15) is 19.2 Å². The predicted molar refractivity (Wildman–Crippen MR) is 136 cm³/mol. The Kier molecular flexibility index (Phi) is 7.75. The van der Waals surface area contributed by atoms with Crippen molar-refractivity contribution in [3.8, 4) is 0 Å². The fourth-order valence-corrected chi connectivity index (χ4v) is 3.84. The highest BCUT2D eigenvalue weighted by Crippen LogP contribution is 2.34. The number of carboxylic acid groups (broad SMARTS) is 1. The van der Waals surface area contributed by atoms with Crippen LogP contribution in [0.25, 0.3) is 0 Å². The number of carbonyl (C=O) groups excluding carboxylic acids is 3. The summed E-state index contributed by atoms with van der Waals surface area (Å²) in [6.07, 6.45) is 3.34. The lowest BCUT2D eigenvalue weighted by atomic mass is 10.0. The minimum atomic E-state index is -1.08. The van der Waals surface area contributed by atoms with Crippen molar-refractivity contribution in [3.05, 3.63) is 95.6 Å². The van der Waals surface area contributed by atoms with Gasteiger partial charge in [-0.25, -0.2) is 4.79 Å². The molecule has 8 heteroatoms. The van der Waals surface area contributed by atoms with E-state index >= 15 is 0 Å². The molecule has 8 nitrogen and oxygen atoms in total. The van der Waals surface area contributed by atoms with Crippen molar-refractivity contribution < 1.29 is 24.3 Å². The van der Waals surface area contributed by atoms with Crippen LogP contribution in [0.2, 0.25) is 0 Å². The van der Waals surface area contributed by atoms with Crippen LogP contribution in [0.15, 0.2) is 78.9 Å². The molecule has 0 spiro atoms. The van der Waals surface area contributed by atoms with Gasteiger partial charge in [0, 0.05) is 17.8 Å². The number of benzene rings is 3. The van der Waals surface area contributed by atoms with Crippen LogP contribution in [0.5, 0.6) is 0 Å². The van der Waals surface area contributed by atoms with Crippen LogP contribution in [0, 0.1) is 5.92 Å². The van der Waals surface area contributed by atoms with Gasteiger partial charge in [-0.05, 0) is 66.6 Å². The first-order valence-electron chi connectivity index (χ1n) is 11.8. The first kappa shape index (κ1) is 24.7. The summed E-state index contributed by atoms with van der Waals surface area (Å²) in [5, 5.41) is 17.0. The van der Waals surface area contributed by atoms with Crippen molar-refractivity contribution in [2.45, 2.75) is 31.7 Å². The van der Waals surface area contributed by atoms with Crippen molar-refractivity contribution in [2.24, 2.45) is 5.92 Å². The molecule has 3 aromatic rings. The molecule has 0 aromatic heterocycles. The molecule has 1 fully saturated rings. The maximum absolute atomic E-state index is 13.1. The van der Waals surface area contributed by atoms with Gasteiger partial charge in [-0.2, -0.15) is 0 Å². The summed E-state index contributed by atoms with van der Waals surface area (Å²) in [4.78, 5) is 49.7. The number of aromatic carboxylic acids is 1. The molecule has 1 aliphatic rings. The summed E-state index contributed by atoms with van der Waals surface area (Å²) in [5.41, 5.74) is 2.82. The Morgan fingerprint density at radius 2 is 1.47 bits per heavy atom. The number of carboxylic acids is 1. The lowest BCUT2D eigenvalue weighted by Gasteiger charge is -2.19. The molecular weight excluding hydrogens is 458 g/mol. The molecule has 184 valence electrons. The first-order valence-corrected chi connectivity index (χ1v) is 11.8. The molecule has 1 atom stereocenters. The van der Waals surface area contributed by atoms with Gasteiger partial charge in [-0.3, -0.25) is 14.4 Å². The monoisotopic (exact) mass is 485 g/mol. The van der Waals surface area contributed by atoms with Crippen LogP contribution in [-0.4, -0.2) is 34.8 Å². The topological polar surface area (TPSA) is 125 Å². The molecule has 0 heterocycles. The van der Waals surface area contributed by atoms with Gasteiger partial charge in [-0.15, -0.1) is 0 Å². The molecule has 3 aromatic carbocycles. The predicted octanol–water partition coefficient (Wildman–Crippen LogP) is 3.64. The summed E-state index contributed by atoms with van der Waals surface area (Å²) in [6, 6.07) is 21.2. The Balaban J connectivity index is 1.45. The zero-order chi connectivity index (χ0) is 25.5. The summed E-state index contributed by atoms with van der Waals surface area (Å²) in [7, 11) is 0. The van der Waals surface area contributed by atoms with E-state index in [-0.39, 0.29) is 12.0 Å². The van der Waals surface area contributed by atoms with Crippen molar-refractivity contribution >= 4 is 35.1 Å². The molecule has 0 bridgehead atoms. The average Bonchev–Trinajstić information content (AvgIpc) is 3.70. The Bertz CT molecular complexity index is 1250. The smallest absolute Gasteiger partial charge is 0.335 e.